The van der Waals surface area contributed by atoms with Gasteiger partial charge in [0.2, 0.25) is 0 Å². The van der Waals surface area contributed by atoms with Crippen LogP contribution < -0.4 is 10.1 Å². The molecule has 0 radical (unpaired) electrons. The number of benzene rings is 1. The van der Waals surface area contributed by atoms with Crippen LogP contribution in [0.3, 0.4) is 0 Å². The van der Waals surface area contributed by atoms with Crippen molar-refractivity contribution in [2.24, 2.45) is 0 Å². The van der Waals surface area contributed by atoms with Crippen molar-refractivity contribution in [1.82, 2.24) is 10.2 Å². The SMILES string of the molecule is Cc1cc(CN2CCOCC2)oc1C(=O)NCc1ccc2c(c1)CC(C)O2. The van der Waals surface area contributed by atoms with Crippen molar-refractivity contribution in [3.63, 3.8) is 0 Å². The number of amides is 1. The zero-order valence-electron chi connectivity index (χ0n) is 15.9. The quantitative estimate of drug-likeness (QED) is 0.877. The van der Waals surface area contributed by atoms with E-state index in [0.717, 1.165) is 55.4 Å². The van der Waals surface area contributed by atoms with Crippen LogP contribution in [0.4, 0.5) is 0 Å². The molecule has 1 unspecified atom stereocenters. The Morgan fingerprint density at radius 1 is 1.26 bits per heavy atom. The summed E-state index contributed by atoms with van der Waals surface area (Å²) in [4.78, 5) is 14.8. The highest BCUT2D eigenvalue weighted by Crippen LogP contribution is 2.29. The molecular formula is C21H26N2O4. The average molecular weight is 370 g/mol. The maximum absolute atomic E-state index is 12.6. The minimum Gasteiger partial charge on any atom is -0.490 e. The molecule has 1 aromatic carbocycles. The fourth-order valence-electron chi connectivity index (χ4n) is 3.68. The number of carbonyl (C=O) groups excluding carboxylic acids is 1. The second kappa shape index (κ2) is 7.74. The maximum atomic E-state index is 12.6. The van der Waals surface area contributed by atoms with Crippen molar-refractivity contribution in [1.29, 1.82) is 0 Å². The lowest BCUT2D eigenvalue weighted by Gasteiger charge is -2.25. The minimum atomic E-state index is -0.175. The van der Waals surface area contributed by atoms with Crippen molar-refractivity contribution in [3.8, 4) is 5.75 Å². The normalized spacial score (nSPS) is 19.6. The Morgan fingerprint density at radius 2 is 2.07 bits per heavy atom. The lowest BCUT2D eigenvalue weighted by Crippen LogP contribution is -2.35. The van der Waals surface area contributed by atoms with Gasteiger partial charge in [0, 0.05) is 31.6 Å². The number of carbonyl (C=O) groups is 1. The van der Waals surface area contributed by atoms with Gasteiger partial charge in [0.1, 0.15) is 17.6 Å². The third kappa shape index (κ3) is 4.17. The Labute approximate surface area is 159 Å². The molecule has 1 fully saturated rings. The Balaban J connectivity index is 1.36. The molecule has 0 aliphatic carbocycles. The van der Waals surface area contributed by atoms with Crippen molar-refractivity contribution in [2.45, 2.75) is 39.5 Å². The van der Waals surface area contributed by atoms with Gasteiger partial charge >= 0.3 is 0 Å². The predicted molar refractivity (Wildman–Crippen MR) is 101 cm³/mol. The van der Waals surface area contributed by atoms with Crippen LogP contribution in [-0.2, 0) is 24.2 Å². The molecule has 27 heavy (non-hydrogen) atoms. The third-order valence-corrected chi connectivity index (χ3v) is 5.07. The summed E-state index contributed by atoms with van der Waals surface area (Å²) in [5.74, 6) is 2.00. The van der Waals surface area contributed by atoms with Gasteiger partial charge in [0.25, 0.3) is 5.91 Å². The molecule has 1 amide bonds. The van der Waals surface area contributed by atoms with Gasteiger partial charge in [-0.2, -0.15) is 0 Å². The largest absolute Gasteiger partial charge is 0.490 e. The first kappa shape index (κ1) is 18.1. The van der Waals surface area contributed by atoms with Crippen LogP contribution >= 0.6 is 0 Å². The zero-order chi connectivity index (χ0) is 18.8. The standard InChI is InChI=1S/C21H26N2O4/c1-14-9-18(13-23-5-7-25-8-6-23)27-20(14)21(24)22-12-16-3-4-19-17(11-16)10-15(2)26-19/h3-4,9,11,15H,5-8,10,12-13H2,1-2H3,(H,22,24). The van der Waals surface area contributed by atoms with Gasteiger partial charge in [-0.15, -0.1) is 0 Å². The fraction of sp³-hybridized carbons (Fsp3) is 0.476. The number of ether oxygens (including phenoxy) is 2. The highest BCUT2D eigenvalue weighted by molar-refractivity contribution is 5.92. The van der Waals surface area contributed by atoms with Gasteiger partial charge < -0.3 is 19.2 Å². The molecule has 0 spiro atoms. The summed E-state index contributed by atoms with van der Waals surface area (Å²) in [5, 5.41) is 2.97. The summed E-state index contributed by atoms with van der Waals surface area (Å²) < 4.78 is 16.9. The van der Waals surface area contributed by atoms with Gasteiger partial charge in [-0.05, 0) is 37.1 Å². The van der Waals surface area contributed by atoms with Gasteiger partial charge in [0.15, 0.2) is 5.76 Å². The lowest BCUT2D eigenvalue weighted by molar-refractivity contribution is 0.0311. The van der Waals surface area contributed by atoms with E-state index >= 15 is 0 Å². The van der Waals surface area contributed by atoms with Gasteiger partial charge in [0.05, 0.1) is 19.8 Å². The monoisotopic (exact) mass is 370 g/mol. The van der Waals surface area contributed by atoms with Crippen LogP contribution in [0, 0.1) is 6.92 Å². The van der Waals surface area contributed by atoms with E-state index in [0.29, 0.717) is 18.8 Å². The molecule has 1 saturated heterocycles. The van der Waals surface area contributed by atoms with E-state index in [1.54, 1.807) is 0 Å². The topological polar surface area (TPSA) is 63.9 Å². The van der Waals surface area contributed by atoms with E-state index in [1.165, 1.54) is 5.56 Å². The summed E-state index contributed by atoms with van der Waals surface area (Å²) in [5.41, 5.74) is 3.14. The first-order chi connectivity index (χ1) is 13.1. The molecule has 1 N–H and O–H groups in total. The average Bonchev–Trinajstić information content (AvgIpc) is 3.21. The van der Waals surface area contributed by atoms with Crippen molar-refractivity contribution in [3.05, 3.63) is 52.5 Å². The molecular weight excluding hydrogens is 344 g/mol. The van der Waals surface area contributed by atoms with E-state index in [9.17, 15) is 4.79 Å². The Bertz CT molecular complexity index is 824. The van der Waals surface area contributed by atoms with Gasteiger partial charge in [-0.3, -0.25) is 9.69 Å². The number of aryl methyl sites for hydroxylation is 1. The molecule has 2 aliphatic rings. The summed E-state index contributed by atoms with van der Waals surface area (Å²) in [7, 11) is 0. The molecule has 0 saturated carbocycles. The number of rotatable bonds is 5. The van der Waals surface area contributed by atoms with Crippen LogP contribution in [-0.4, -0.2) is 43.2 Å². The molecule has 6 heteroatoms. The van der Waals surface area contributed by atoms with E-state index in [1.807, 2.05) is 25.1 Å². The van der Waals surface area contributed by atoms with Crippen LogP contribution in [0.25, 0.3) is 0 Å². The minimum absolute atomic E-state index is 0.175. The summed E-state index contributed by atoms with van der Waals surface area (Å²) >= 11 is 0. The summed E-state index contributed by atoms with van der Waals surface area (Å²) in [6.07, 6.45) is 1.14. The van der Waals surface area contributed by atoms with Gasteiger partial charge in [-0.1, -0.05) is 12.1 Å². The van der Waals surface area contributed by atoms with Crippen molar-refractivity contribution < 1.29 is 18.7 Å². The van der Waals surface area contributed by atoms with E-state index in [2.05, 4.69) is 23.2 Å². The number of hydrogen-bond acceptors (Lipinski definition) is 5. The zero-order valence-corrected chi connectivity index (χ0v) is 15.9. The van der Waals surface area contributed by atoms with E-state index in [4.69, 9.17) is 13.9 Å². The van der Waals surface area contributed by atoms with Crippen LogP contribution in [0.2, 0.25) is 0 Å². The molecule has 4 rings (SSSR count). The number of morpholine rings is 1. The van der Waals surface area contributed by atoms with Crippen molar-refractivity contribution in [2.75, 3.05) is 26.3 Å². The maximum Gasteiger partial charge on any atom is 0.287 e. The Morgan fingerprint density at radius 3 is 2.89 bits per heavy atom. The first-order valence-electron chi connectivity index (χ1n) is 9.54. The predicted octanol–water partition coefficient (Wildman–Crippen LogP) is 2.67. The number of nitrogens with one attached hydrogen (secondary N) is 1. The number of furan rings is 1. The second-order valence-corrected chi connectivity index (χ2v) is 7.37. The molecule has 1 aromatic heterocycles. The number of fused-ring (bicyclic) bond motifs is 1. The van der Waals surface area contributed by atoms with Gasteiger partial charge in [-0.25, -0.2) is 0 Å². The first-order valence-corrected chi connectivity index (χ1v) is 9.54. The number of hydrogen-bond donors (Lipinski definition) is 1. The Kier molecular flexibility index (Phi) is 5.18. The molecule has 2 aromatic rings. The summed E-state index contributed by atoms with van der Waals surface area (Å²) in [6, 6.07) is 8.05. The smallest absolute Gasteiger partial charge is 0.287 e. The van der Waals surface area contributed by atoms with Crippen LogP contribution in [0.1, 0.15) is 39.9 Å². The fourth-order valence-corrected chi connectivity index (χ4v) is 3.68. The molecule has 0 bridgehead atoms. The van der Waals surface area contributed by atoms with Crippen LogP contribution in [0.5, 0.6) is 5.75 Å². The molecule has 1 atom stereocenters. The summed E-state index contributed by atoms with van der Waals surface area (Å²) in [6.45, 7) is 8.43. The molecule has 6 nitrogen and oxygen atoms in total. The molecule has 144 valence electrons. The number of nitrogens with zero attached hydrogens (tertiary/aromatic N) is 1. The molecule has 3 heterocycles. The highest BCUT2D eigenvalue weighted by Gasteiger charge is 2.20. The van der Waals surface area contributed by atoms with Crippen molar-refractivity contribution >= 4 is 5.91 Å². The van der Waals surface area contributed by atoms with E-state index < -0.39 is 0 Å². The molecule has 2 aliphatic heterocycles. The highest BCUT2D eigenvalue weighted by atomic mass is 16.5. The lowest BCUT2D eigenvalue weighted by atomic mass is 10.1. The van der Waals surface area contributed by atoms with E-state index in [-0.39, 0.29) is 12.0 Å². The Hall–Kier alpha value is -2.31. The third-order valence-electron chi connectivity index (χ3n) is 5.07. The van der Waals surface area contributed by atoms with Crippen LogP contribution in [0.15, 0.2) is 28.7 Å². The second-order valence-electron chi connectivity index (χ2n) is 7.37.